The molecular weight excluding hydrogens is 286 g/mol. The third kappa shape index (κ3) is 2.81. The molecule has 2 aromatic rings. The molecule has 0 bridgehead atoms. The maximum absolute atomic E-state index is 12.7. The van der Waals surface area contributed by atoms with E-state index < -0.39 is 10.0 Å². The van der Waals surface area contributed by atoms with E-state index in [1.165, 1.54) is 0 Å². The number of nitrogens with one attached hydrogen (secondary N) is 1. The zero-order valence-corrected chi connectivity index (χ0v) is 13.9. The second kappa shape index (κ2) is 5.52. The van der Waals surface area contributed by atoms with Crippen LogP contribution in [0.2, 0.25) is 0 Å². The number of aryl methyl sites for hydroxylation is 4. The van der Waals surface area contributed by atoms with E-state index in [0.717, 1.165) is 17.5 Å². The molecule has 6 heteroatoms. The monoisotopic (exact) mass is 307 g/mol. The van der Waals surface area contributed by atoms with Crippen LogP contribution < -0.4 is 4.72 Å². The summed E-state index contributed by atoms with van der Waals surface area (Å²) < 4.78 is 29.7. The number of hydrogen-bond donors (Lipinski definition) is 1. The van der Waals surface area contributed by atoms with Gasteiger partial charge >= 0.3 is 0 Å². The van der Waals surface area contributed by atoms with Crippen molar-refractivity contribution in [2.75, 3.05) is 4.72 Å². The summed E-state index contributed by atoms with van der Waals surface area (Å²) in [6.45, 7) is 7.38. The van der Waals surface area contributed by atoms with Crippen LogP contribution in [0.25, 0.3) is 0 Å². The minimum absolute atomic E-state index is 0.260. The second-order valence-electron chi connectivity index (χ2n) is 5.19. The molecule has 0 atom stereocenters. The third-order valence-electron chi connectivity index (χ3n) is 3.69. The summed E-state index contributed by atoms with van der Waals surface area (Å²) in [5.74, 6) is 0. The molecule has 0 amide bonds. The summed E-state index contributed by atoms with van der Waals surface area (Å²) in [5, 5.41) is 4.18. The van der Waals surface area contributed by atoms with Crippen molar-refractivity contribution in [1.82, 2.24) is 9.78 Å². The topological polar surface area (TPSA) is 64.0 Å². The maximum Gasteiger partial charge on any atom is 0.265 e. The van der Waals surface area contributed by atoms with Gasteiger partial charge in [0.1, 0.15) is 4.90 Å². The maximum atomic E-state index is 12.7. The number of nitrogens with zero attached hydrogens (tertiary/aromatic N) is 2. The molecule has 0 aliphatic rings. The molecule has 0 fully saturated rings. The van der Waals surface area contributed by atoms with Gasteiger partial charge < -0.3 is 0 Å². The van der Waals surface area contributed by atoms with E-state index >= 15 is 0 Å². The summed E-state index contributed by atoms with van der Waals surface area (Å²) in [5.41, 5.74) is 3.71. The minimum Gasteiger partial charge on any atom is -0.279 e. The van der Waals surface area contributed by atoms with E-state index in [2.05, 4.69) is 9.82 Å². The summed E-state index contributed by atoms with van der Waals surface area (Å²) >= 11 is 0. The van der Waals surface area contributed by atoms with Gasteiger partial charge in [-0.15, -0.1) is 0 Å². The van der Waals surface area contributed by atoms with Crippen molar-refractivity contribution in [3.8, 4) is 0 Å². The van der Waals surface area contributed by atoms with E-state index in [-0.39, 0.29) is 4.90 Å². The number of benzene rings is 1. The van der Waals surface area contributed by atoms with Crippen molar-refractivity contribution in [3.05, 3.63) is 40.7 Å². The van der Waals surface area contributed by atoms with E-state index in [9.17, 15) is 8.42 Å². The fourth-order valence-corrected chi connectivity index (χ4v) is 4.11. The van der Waals surface area contributed by atoms with Crippen LogP contribution >= 0.6 is 0 Å². The Bertz CT molecular complexity index is 776. The van der Waals surface area contributed by atoms with Crippen LogP contribution in [0.5, 0.6) is 0 Å². The molecule has 0 radical (unpaired) electrons. The Balaban J connectivity index is 2.53. The fourth-order valence-electron chi connectivity index (χ4n) is 2.50. The molecule has 0 spiro atoms. The number of sulfonamides is 1. The Morgan fingerprint density at radius 2 is 1.90 bits per heavy atom. The van der Waals surface area contributed by atoms with Gasteiger partial charge in [-0.25, -0.2) is 8.42 Å². The Kier molecular flexibility index (Phi) is 4.09. The van der Waals surface area contributed by atoms with Crippen molar-refractivity contribution in [3.63, 3.8) is 0 Å². The van der Waals surface area contributed by atoms with Crippen molar-refractivity contribution < 1.29 is 8.42 Å². The number of hydrogen-bond acceptors (Lipinski definition) is 3. The van der Waals surface area contributed by atoms with Crippen molar-refractivity contribution >= 4 is 15.7 Å². The third-order valence-corrected chi connectivity index (χ3v) is 5.29. The Morgan fingerprint density at radius 1 is 1.24 bits per heavy atom. The molecule has 1 aromatic heterocycles. The highest BCUT2D eigenvalue weighted by atomic mass is 32.2. The van der Waals surface area contributed by atoms with Crippen LogP contribution in [0.3, 0.4) is 0 Å². The molecule has 114 valence electrons. The lowest BCUT2D eigenvalue weighted by atomic mass is 10.1. The molecule has 2 rings (SSSR count). The fraction of sp³-hybridized carbons (Fsp3) is 0.400. The highest BCUT2D eigenvalue weighted by Crippen LogP contribution is 2.27. The van der Waals surface area contributed by atoms with Gasteiger partial charge in [-0.2, -0.15) is 5.10 Å². The first-order valence-electron chi connectivity index (χ1n) is 6.89. The average molecular weight is 307 g/mol. The van der Waals surface area contributed by atoms with E-state index in [1.807, 2.05) is 32.0 Å². The zero-order valence-electron chi connectivity index (χ0n) is 13.1. The lowest BCUT2D eigenvalue weighted by Crippen LogP contribution is -2.16. The standard InChI is InChI=1S/C15H21N3O2S/c1-6-13-9-7-8-10(2)14(13)17-21(19,20)15-11(3)16-18(5)12(15)4/h7-9,17H,6H2,1-5H3. The van der Waals surface area contributed by atoms with Crippen LogP contribution in [0.4, 0.5) is 5.69 Å². The van der Waals surface area contributed by atoms with Gasteiger partial charge in [0.2, 0.25) is 0 Å². The lowest BCUT2D eigenvalue weighted by Gasteiger charge is -2.14. The molecule has 5 nitrogen and oxygen atoms in total. The molecule has 0 saturated heterocycles. The summed E-state index contributed by atoms with van der Waals surface area (Å²) in [7, 11) is -1.90. The molecule has 0 aliphatic heterocycles. The van der Waals surface area contributed by atoms with Gasteiger partial charge in [-0.1, -0.05) is 25.1 Å². The van der Waals surface area contributed by atoms with Crippen molar-refractivity contribution in [1.29, 1.82) is 0 Å². The molecule has 1 N–H and O–H groups in total. The van der Waals surface area contributed by atoms with Crippen molar-refractivity contribution in [2.45, 2.75) is 39.0 Å². The molecule has 0 aliphatic carbocycles. The average Bonchev–Trinajstić information content (AvgIpc) is 2.66. The number of aromatic nitrogens is 2. The van der Waals surface area contributed by atoms with Crippen LogP contribution in [0.1, 0.15) is 29.4 Å². The highest BCUT2D eigenvalue weighted by molar-refractivity contribution is 7.92. The first-order chi connectivity index (χ1) is 9.77. The minimum atomic E-state index is -3.64. The Hall–Kier alpha value is -1.82. The first kappa shape index (κ1) is 15.6. The summed E-state index contributed by atoms with van der Waals surface area (Å²) in [4.78, 5) is 0.260. The normalized spacial score (nSPS) is 11.7. The zero-order chi connectivity index (χ0) is 15.8. The largest absolute Gasteiger partial charge is 0.279 e. The number of rotatable bonds is 4. The van der Waals surface area contributed by atoms with Crippen LogP contribution in [-0.4, -0.2) is 18.2 Å². The van der Waals surface area contributed by atoms with E-state index in [1.54, 1.807) is 25.6 Å². The molecule has 0 unspecified atom stereocenters. The van der Waals surface area contributed by atoms with Gasteiger partial charge in [0, 0.05) is 7.05 Å². The Labute approximate surface area is 126 Å². The Morgan fingerprint density at radius 3 is 2.43 bits per heavy atom. The number of anilines is 1. The van der Waals surface area contributed by atoms with Crippen LogP contribution in [0.15, 0.2) is 23.1 Å². The first-order valence-corrected chi connectivity index (χ1v) is 8.37. The second-order valence-corrected chi connectivity index (χ2v) is 6.81. The lowest BCUT2D eigenvalue weighted by molar-refractivity contribution is 0.599. The quantitative estimate of drug-likeness (QED) is 0.944. The van der Waals surface area contributed by atoms with Gasteiger partial charge in [-0.05, 0) is 38.3 Å². The molecule has 1 aromatic carbocycles. The van der Waals surface area contributed by atoms with Crippen LogP contribution in [0, 0.1) is 20.8 Å². The molecule has 0 saturated carbocycles. The van der Waals surface area contributed by atoms with Crippen molar-refractivity contribution in [2.24, 2.45) is 7.05 Å². The predicted molar refractivity (Wildman–Crippen MR) is 84.0 cm³/mol. The van der Waals surface area contributed by atoms with Gasteiger partial charge in [0.15, 0.2) is 0 Å². The van der Waals surface area contributed by atoms with Gasteiger partial charge in [0.05, 0.1) is 17.1 Å². The predicted octanol–water partition coefficient (Wildman–Crippen LogP) is 2.71. The van der Waals surface area contributed by atoms with E-state index in [4.69, 9.17) is 0 Å². The SMILES string of the molecule is CCc1cccc(C)c1NS(=O)(=O)c1c(C)nn(C)c1C. The van der Waals surface area contributed by atoms with Gasteiger partial charge in [-0.3, -0.25) is 9.40 Å². The number of para-hydroxylation sites is 1. The smallest absolute Gasteiger partial charge is 0.265 e. The molecule has 1 heterocycles. The molecule has 21 heavy (non-hydrogen) atoms. The highest BCUT2D eigenvalue weighted by Gasteiger charge is 2.25. The van der Waals surface area contributed by atoms with E-state index in [0.29, 0.717) is 17.1 Å². The summed E-state index contributed by atoms with van der Waals surface area (Å²) in [6, 6.07) is 5.78. The van der Waals surface area contributed by atoms with Crippen LogP contribution in [-0.2, 0) is 23.5 Å². The van der Waals surface area contributed by atoms with Gasteiger partial charge in [0.25, 0.3) is 10.0 Å². The molecular formula is C15H21N3O2S. The summed E-state index contributed by atoms with van der Waals surface area (Å²) in [6.07, 6.45) is 0.768.